The Morgan fingerprint density at radius 1 is 1.08 bits per heavy atom. The zero-order valence-electron chi connectivity index (χ0n) is 15.0. The number of para-hydroxylation sites is 1. The average molecular weight is 343 g/mol. The smallest absolute Gasteiger partial charge is 0.274 e. The van der Waals surface area contributed by atoms with Crippen LogP contribution in [0.3, 0.4) is 0 Å². The molecule has 1 N–H and O–H groups in total. The number of nitrogens with one attached hydrogen (secondary N) is 1. The van der Waals surface area contributed by atoms with Crippen LogP contribution >= 0.6 is 0 Å². The van der Waals surface area contributed by atoms with Crippen LogP contribution < -0.4 is 10.2 Å². The van der Waals surface area contributed by atoms with Crippen LogP contribution in [-0.2, 0) is 6.42 Å². The molecule has 0 spiro atoms. The first kappa shape index (κ1) is 16.3. The van der Waals surface area contributed by atoms with Gasteiger partial charge in [0.1, 0.15) is 5.69 Å². The summed E-state index contributed by atoms with van der Waals surface area (Å²) in [5, 5.41) is 2.98. The highest BCUT2D eigenvalue weighted by molar-refractivity contribution is 6.04. The van der Waals surface area contributed by atoms with Gasteiger partial charge in [0.05, 0.1) is 0 Å². The molecule has 4 heteroatoms. The van der Waals surface area contributed by atoms with Crippen LogP contribution in [0, 0.1) is 13.8 Å². The minimum atomic E-state index is -0.187. The van der Waals surface area contributed by atoms with Gasteiger partial charge in [0.15, 0.2) is 0 Å². The molecule has 3 aromatic rings. The molecule has 4 rings (SSSR count). The predicted molar refractivity (Wildman–Crippen MR) is 105 cm³/mol. The van der Waals surface area contributed by atoms with E-state index in [0.29, 0.717) is 5.69 Å². The second-order valence-electron chi connectivity index (χ2n) is 6.70. The van der Waals surface area contributed by atoms with Crippen molar-refractivity contribution in [3.63, 3.8) is 0 Å². The lowest BCUT2D eigenvalue weighted by atomic mass is 10.1. The fraction of sp³-hybridized carbons (Fsp3) is 0.182. The molecule has 0 bridgehead atoms. The van der Waals surface area contributed by atoms with E-state index in [1.54, 1.807) is 6.20 Å². The van der Waals surface area contributed by atoms with Crippen LogP contribution in [0.1, 0.15) is 27.2 Å². The lowest BCUT2D eigenvalue weighted by molar-refractivity contribution is 0.102. The molecule has 1 amide bonds. The van der Waals surface area contributed by atoms with E-state index in [4.69, 9.17) is 0 Å². The summed E-state index contributed by atoms with van der Waals surface area (Å²) < 4.78 is 0. The topological polar surface area (TPSA) is 45.2 Å². The summed E-state index contributed by atoms with van der Waals surface area (Å²) in [6.45, 7) is 4.92. The Kier molecular flexibility index (Phi) is 4.17. The first-order chi connectivity index (χ1) is 12.6. The van der Waals surface area contributed by atoms with E-state index in [1.807, 2.05) is 50.2 Å². The van der Waals surface area contributed by atoms with Crippen molar-refractivity contribution in [2.24, 2.45) is 0 Å². The third kappa shape index (κ3) is 3.06. The Morgan fingerprint density at radius 2 is 1.92 bits per heavy atom. The largest absolute Gasteiger partial charge is 0.341 e. The molecular formula is C22H21N3O. The maximum Gasteiger partial charge on any atom is 0.274 e. The zero-order valence-corrected chi connectivity index (χ0v) is 15.0. The molecule has 0 aliphatic carbocycles. The number of amides is 1. The number of anilines is 3. The molecule has 1 aliphatic rings. The fourth-order valence-electron chi connectivity index (χ4n) is 3.37. The molecule has 2 heterocycles. The second-order valence-corrected chi connectivity index (χ2v) is 6.70. The second kappa shape index (κ2) is 6.64. The molecule has 130 valence electrons. The van der Waals surface area contributed by atoms with Crippen molar-refractivity contribution in [2.45, 2.75) is 20.3 Å². The highest BCUT2D eigenvalue weighted by atomic mass is 16.1. The van der Waals surface area contributed by atoms with Gasteiger partial charge in [-0.3, -0.25) is 9.78 Å². The van der Waals surface area contributed by atoms with Gasteiger partial charge in [-0.25, -0.2) is 0 Å². The number of aryl methyl sites for hydroxylation is 2. The number of hydrogen-bond donors (Lipinski definition) is 1. The van der Waals surface area contributed by atoms with E-state index in [2.05, 4.69) is 33.4 Å². The monoisotopic (exact) mass is 343 g/mol. The number of fused-ring (bicyclic) bond motifs is 1. The number of rotatable bonds is 3. The van der Waals surface area contributed by atoms with E-state index >= 15 is 0 Å². The number of hydrogen-bond acceptors (Lipinski definition) is 3. The Morgan fingerprint density at radius 3 is 2.81 bits per heavy atom. The minimum Gasteiger partial charge on any atom is -0.341 e. The van der Waals surface area contributed by atoms with Crippen molar-refractivity contribution in [2.75, 3.05) is 16.8 Å². The molecule has 0 fully saturated rings. The van der Waals surface area contributed by atoms with Crippen LogP contribution in [0.25, 0.3) is 0 Å². The van der Waals surface area contributed by atoms with Gasteiger partial charge < -0.3 is 10.2 Å². The molecule has 2 aromatic carbocycles. The Labute approximate surface area is 153 Å². The summed E-state index contributed by atoms with van der Waals surface area (Å²) >= 11 is 0. The van der Waals surface area contributed by atoms with Crippen LogP contribution in [0.5, 0.6) is 0 Å². The lowest BCUT2D eigenvalue weighted by Gasteiger charge is -2.20. The number of pyridine rings is 1. The van der Waals surface area contributed by atoms with E-state index in [1.165, 1.54) is 11.3 Å². The number of nitrogens with zero attached hydrogens (tertiary/aromatic N) is 2. The predicted octanol–water partition coefficient (Wildman–Crippen LogP) is 4.64. The van der Waals surface area contributed by atoms with Crippen molar-refractivity contribution in [1.29, 1.82) is 0 Å². The number of carbonyl (C=O) groups is 1. The van der Waals surface area contributed by atoms with Crippen LogP contribution in [0.4, 0.5) is 17.1 Å². The lowest BCUT2D eigenvalue weighted by Crippen LogP contribution is -2.17. The zero-order chi connectivity index (χ0) is 18.1. The molecule has 1 aliphatic heterocycles. The Bertz CT molecular complexity index is 981. The molecule has 1 aromatic heterocycles. The molecule has 0 saturated heterocycles. The minimum absolute atomic E-state index is 0.187. The third-order valence-corrected chi connectivity index (χ3v) is 4.82. The number of aromatic nitrogens is 1. The van der Waals surface area contributed by atoms with E-state index in [-0.39, 0.29) is 5.91 Å². The summed E-state index contributed by atoms with van der Waals surface area (Å²) in [5.74, 6) is -0.187. The normalized spacial score (nSPS) is 12.8. The highest BCUT2D eigenvalue weighted by Crippen LogP contribution is 2.34. The van der Waals surface area contributed by atoms with E-state index < -0.39 is 0 Å². The van der Waals surface area contributed by atoms with Gasteiger partial charge in [-0.1, -0.05) is 30.3 Å². The summed E-state index contributed by atoms with van der Waals surface area (Å²) in [4.78, 5) is 19.2. The van der Waals surface area contributed by atoms with Crippen molar-refractivity contribution in [3.8, 4) is 0 Å². The van der Waals surface area contributed by atoms with Gasteiger partial charge in [0.2, 0.25) is 0 Å². The van der Waals surface area contributed by atoms with Crippen molar-refractivity contribution < 1.29 is 4.79 Å². The summed E-state index contributed by atoms with van der Waals surface area (Å²) in [6, 6.07) is 18.2. The standard InChI is InChI=1S/C22H21N3O/c1-15-7-8-16(2)19(13-15)24-22(26)20-14-18(9-11-23-20)25-12-10-17-5-3-4-6-21(17)25/h3-9,11,13-14H,10,12H2,1-2H3,(H,24,26). The maximum absolute atomic E-state index is 12.7. The highest BCUT2D eigenvalue weighted by Gasteiger charge is 2.21. The fourth-order valence-corrected chi connectivity index (χ4v) is 3.37. The summed E-state index contributed by atoms with van der Waals surface area (Å²) in [6.07, 6.45) is 2.72. The van der Waals surface area contributed by atoms with Gasteiger partial charge >= 0.3 is 0 Å². The van der Waals surface area contributed by atoms with Crippen LogP contribution in [0.15, 0.2) is 60.8 Å². The van der Waals surface area contributed by atoms with E-state index in [9.17, 15) is 4.79 Å². The van der Waals surface area contributed by atoms with Gasteiger partial charge in [0, 0.05) is 29.8 Å². The third-order valence-electron chi connectivity index (χ3n) is 4.82. The molecule has 4 nitrogen and oxygen atoms in total. The van der Waals surface area contributed by atoms with Gasteiger partial charge in [0.25, 0.3) is 5.91 Å². The Hall–Kier alpha value is -3.14. The number of carbonyl (C=O) groups excluding carboxylic acids is 1. The van der Waals surface area contributed by atoms with Crippen LogP contribution in [0.2, 0.25) is 0 Å². The van der Waals surface area contributed by atoms with Crippen molar-refractivity contribution >= 4 is 23.0 Å². The number of benzene rings is 2. The average Bonchev–Trinajstić information content (AvgIpc) is 3.09. The van der Waals surface area contributed by atoms with E-state index in [0.717, 1.165) is 35.5 Å². The molecule has 0 radical (unpaired) electrons. The van der Waals surface area contributed by atoms with Gasteiger partial charge in [-0.2, -0.15) is 0 Å². The Balaban J connectivity index is 1.60. The quantitative estimate of drug-likeness (QED) is 0.753. The summed E-state index contributed by atoms with van der Waals surface area (Å²) in [5.41, 5.74) is 6.94. The molecule has 0 unspecified atom stereocenters. The SMILES string of the molecule is Cc1ccc(C)c(NC(=O)c2cc(N3CCc4ccccc43)ccn2)c1. The molecule has 0 saturated carbocycles. The summed E-state index contributed by atoms with van der Waals surface area (Å²) in [7, 11) is 0. The first-order valence-corrected chi connectivity index (χ1v) is 8.82. The first-order valence-electron chi connectivity index (χ1n) is 8.82. The van der Waals surface area contributed by atoms with Crippen LogP contribution in [-0.4, -0.2) is 17.4 Å². The van der Waals surface area contributed by atoms with Gasteiger partial charge in [-0.05, 0) is 61.2 Å². The van der Waals surface area contributed by atoms with Gasteiger partial charge in [-0.15, -0.1) is 0 Å². The molecule has 26 heavy (non-hydrogen) atoms. The maximum atomic E-state index is 12.7. The molecule has 0 atom stereocenters. The van der Waals surface area contributed by atoms with Crippen molar-refractivity contribution in [1.82, 2.24) is 4.98 Å². The van der Waals surface area contributed by atoms with Crippen molar-refractivity contribution in [3.05, 3.63) is 83.2 Å². The molecular weight excluding hydrogens is 322 g/mol.